The molecule has 3 aromatic rings. The third-order valence-corrected chi connectivity index (χ3v) is 4.82. The van der Waals surface area contributed by atoms with E-state index in [0.29, 0.717) is 16.9 Å². The molecule has 1 aliphatic heterocycles. The van der Waals surface area contributed by atoms with Crippen molar-refractivity contribution in [2.45, 2.75) is 19.2 Å². The smallest absolute Gasteiger partial charge is 0.403 e. The van der Waals surface area contributed by atoms with Crippen LogP contribution in [0.5, 0.6) is 5.75 Å². The van der Waals surface area contributed by atoms with Crippen LogP contribution in [0, 0.1) is 5.82 Å². The first-order valence-electron chi connectivity index (χ1n) is 9.67. The third-order valence-electron chi connectivity index (χ3n) is 4.82. The van der Waals surface area contributed by atoms with Gasteiger partial charge in [0.15, 0.2) is 11.6 Å². The summed E-state index contributed by atoms with van der Waals surface area (Å²) in [5.41, 5.74) is 1.49. The molecule has 11 heteroatoms. The van der Waals surface area contributed by atoms with E-state index in [1.54, 1.807) is 18.5 Å². The normalized spacial score (nSPS) is 13.8. The highest BCUT2D eigenvalue weighted by molar-refractivity contribution is 6.05. The Morgan fingerprint density at radius 2 is 1.78 bits per heavy atom. The minimum Gasteiger partial charge on any atom is -0.403 e. The number of carbonyl (C=O) groups is 1. The zero-order chi connectivity index (χ0) is 22.7. The van der Waals surface area contributed by atoms with E-state index in [-0.39, 0.29) is 11.3 Å². The highest BCUT2D eigenvalue weighted by Crippen LogP contribution is 2.32. The summed E-state index contributed by atoms with van der Waals surface area (Å²) < 4.78 is 54.4. The zero-order valence-electron chi connectivity index (χ0n) is 16.6. The molecule has 0 unspecified atom stereocenters. The minimum absolute atomic E-state index is 0.0322. The number of rotatable bonds is 5. The Labute approximate surface area is 180 Å². The van der Waals surface area contributed by atoms with E-state index in [2.05, 4.69) is 29.9 Å². The highest BCUT2D eigenvalue weighted by atomic mass is 19.4. The van der Waals surface area contributed by atoms with Crippen molar-refractivity contribution in [1.82, 2.24) is 15.0 Å². The number of halogens is 4. The maximum absolute atomic E-state index is 13.9. The van der Waals surface area contributed by atoms with Crippen molar-refractivity contribution in [3.8, 4) is 16.9 Å². The molecular formula is C21H17F4N5O2. The molecular weight excluding hydrogens is 430 g/mol. The van der Waals surface area contributed by atoms with E-state index in [1.807, 2.05) is 0 Å². The maximum Gasteiger partial charge on any atom is 0.573 e. The predicted molar refractivity (Wildman–Crippen MR) is 108 cm³/mol. The van der Waals surface area contributed by atoms with Crippen molar-refractivity contribution in [3.63, 3.8) is 0 Å². The number of hydrogen-bond donors (Lipinski definition) is 1. The van der Waals surface area contributed by atoms with E-state index in [0.717, 1.165) is 44.1 Å². The summed E-state index contributed by atoms with van der Waals surface area (Å²) >= 11 is 0. The van der Waals surface area contributed by atoms with Crippen LogP contribution in [-0.2, 0) is 0 Å². The number of alkyl halides is 3. The average molecular weight is 447 g/mol. The van der Waals surface area contributed by atoms with Gasteiger partial charge in [0.25, 0.3) is 5.91 Å². The number of amides is 1. The molecule has 0 saturated carbocycles. The molecule has 7 nitrogen and oxygen atoms in total. The first-order chi connectivity index (χ1) is 15.3. The van der Waals surface area contributed by atoms with Crippen LogP contribution in [0.1, 0.15) is 23.2 Å². The van der Waals surface area contributed by atoms with Gasteiger partial charge in [0.2, 0.25) is 0 Å². The predicted octanol–water partition coefficient (Wildman–Crippen LogP) is 4.43. The fourth-order valence-corrected chi connectivity index (χ4v) is 3.40. The fourth-order valence-electron chi connectivity index (χ4n) is 3.40. The van der Waals surface area contributed by atoms with Crippen LogP contribution in [0.25, 0.3) is 11.1 Å². The Hall–Kier alpha value is -3.76. The number of aromatic nitrogens is 3. The third kappa shape index (κ3) is 4.93. The molecule has 1 saturated heterocycles. The molecule has 32 heavy (non-hydrogen) atoms. The second-order valence-electron chi connectivity index (χ2n) is 7.06. The summed E-state index contributed by atoms with van der Waals surface area (Å²) in [6, 6.07) is 4.28. The summed E-state index contributed by atoms with van der Waals surface area (Å²) in [7, 11) is 0. The van der Waals surface area contributed by atoms with E-state index in [1.165, 1.54) is 12.5 Å². The van der Waals surface area contributed by atoms with Crippen molar-refractivity contribution >= 4 is 17.4 Å². The molecule has 0 radical (unpaired) electrons. The van der Waals surface area contributed by atoms with Crippen molar-refractivity contribution < 1.29 is 27.1 Å². The molecule has 4 rings (SSSR count). The SMILES string of the molecule is O=C(Nc1ccc(OC(F)(F)F)c(F)c1)c1cnc(N2CCCC2)c(-c2cncnc2)c1. The molecule has 1 N–H and O–H groups in total. The van der Waals surface area contributed by atoms with Crippen LogP contribution in [0.15, 0.2) is 49.2 Å². The Bertz CT molecular complexity index is 1120. The number of nitrogens with zero attached hydrogens (tertiary/aromatic N) is 4. The van der Waals surface area contributed by atoms with E-state index < -0.39 is 23.8 Å². The first kappa shape index (κ1) is 21.5. The lowest BCUT2D eigenvalue weighted by Gasteiger charge is -2.20. The molecule has 0 spiro atoms. The van der Waals surface area contributed by atoms with E-state index in [9.17, 15) is 22.4 Å². The summed E-state index contributed by atoms with van der Waals surface area (Å²) in [6.07, 6.45) is 3.06. The average Bonchev–Trinajstić information content (AvgIpc) is 3.30. The van der Waals surface area contributed by atoms with Gasteiger partial charge in [-0.1, -0.05) is 0 Å². The van der Waals surface area contributed by atoms with E-state index in [4.69, 9.17) is 0 Å². The Balaban J connectivity index is 1.59. The molecule has 1 aromatic carbocycles. The minimum atomic E-state index is -5.02. The summed E-state index contributed by atoms with van der Waals surface area (Å²) in [6.45, 7) is 1.68. The lowest BCUT2D eigenvalue weighted by Crippen LogP contribution is -2.21. The molecule has 1 amide bonds. The molecule has 0 atom stereocenters. The number of benzene rings is 1. The van der Waals surface area contributed by atoms with Gasteiger partial charge in [-0.15, -0.1) is 13.2 Å². The molecule has 2 aromatic heterocycles. The topological polar surface area (TPSA) is 80.2 Å². The lowest BCUT2D eigenvalue weighted by molar-refractivity contribution is -0.275. The lowest BCUT2D eigenvalue weighted by atomic mass is 10.1. The highest BCUT2D eigenvalue weighted by Gasteiger charge is 2.32. The quantitative estimate of drug-likeness (QED) is 0.583. The Morgan fingerprint density at radius 1 is 1.06 bits per heavy atom. The second kappa shape index (κ2) is 8.77. The monoisotopic (exact) mass is 447 g/mol. The van der Waals surface area contributed by atoms with Crippen LogP contribution in [0.2, 0.25) is 0 Å². The maximum atomic E-state index is 13.9. The number of carbonyl (C=O) groups excluding carboxylic acids is 1. The number of pyridine rings is 1. The zero-order valence-corrected chi connectivity index (χ0v) is 16.6. The van der Waals surface area contributed by atoms with Crippen molar-refractivity contribution in [1.29, 1.82) is 0 Å². The van der Waals surface area contributed by atoms with Crippen molar-refractivity contribution in [3.05, 3.63) is 60.6 Å². The van der Waals surface area contributed by atoms with Gasteiger partial charge in [-0.3, -0.25) is 4.79 Å². The Morgan fingerprint density at radius 3 is 2.44 bits per heavy atom. The van der Waals surface area contributed by atoms with E-state index >= 15 is 0 Å². The second-order valence-corrected chi connectivity index (χ2v) is 7.06. The van der Waals surface area contributed by atoms with Gasteiger partial charge < -0.3 is 15.0 Å². The molecule has 1 fully saturated rings. The molecule has 166 valence electrons. The summed E-state index contributed by atoms with van der Waals surface area (Å²) in [4.78, 5) is 27.3. The number of anilines is 2. The largest absolute Gasteiger partial charge is 0.573 e. The van der Waals surface area contributed by atoms with Crippen molar-refractivity contribution in [2.24, 2.45) is 0 Å². The van der Waals surface area contributed by atoms with Crippen LogP contribution < -0.4 is 15.0 Å². The number of ether oxygens (including phenoxy) is 1. The van der Waals surface area contributed by atoms with Gasteiger partial charge in [-0.2, -0.15) is 0 Å². The van der Waals surface area contributed by atoms with Crippen LogP contribution >= 0.6 is 0 Å². The van der Waals surface area contributed by atoms with Gasteiger partial charge in [-0.25, -0.2) is 19.3 Å². The van der Waals surface area contributed by atoms with Gasteiger partial charge >= 0.3 is 6.36 Å². The van der Waals surface area contributed by atoms with Gasteiger partial charge in [0.05, 0.1) is 5.56 Å². The fraction of sp³-hybridized carbons (Fsp3) is 0.238. The van der Waals surface area contributed by atoms with Gasteiger partial charge in [0, 0.05) is 54.6 Å². The first-order valence-corrected chi connectivity index (χ1v) is 9.67. The van der Waals surface area contributed by atoms with Crippen molar-refractivity contribution in [2.75, 3.05) is 23.3 Å². The van der Waals surface area contributed by atoms with Gasteiger partial charge in [-0.05, 0) is 31.0 Å². The van der Waals surface area contributed by atoms with Gasteiger partial charge in [0.1, 0.15) is 12.1 Å². The molecule has 0 bridgehead atoms. The molecule has 3 heterocycles. The molecule has 1 aliphatic rings. The van der Waals surface area contributed by atoms with Crippen LogP contribution in [-0.4, -0.2) is 40.3 Å². The summed E-state index contributed by atoms with van der Waals surface area (Å²) in [5, 5.41) is 2.46. The molecule has 0 aliphatic carbocycles. The number of nitrogens with one attached hydrogen (secondary N) is 1. The van der Waals surface area contributed by atoms with Crippen LogP contribution in [0.3, 0.4) is 0 Å². The Kier molecular flexibility index (Phi) is 5.89. The standard InChI is InChI=1S/C21H17F4N5O2/c22-17-8-15(3-4-18(17)32-21(23,24)25)29-20(31)13-7-16(14-9-26-12-27-10-14)19(28-11-13)30-5-1-2-6-30/h3-4,7-12H,1-2,5-6H2,(H,29,31). The van der Waals surface area contributed by atoms with Crippen LogP contribution in [0.4, 0.5) is 29.1 Å². The number of hydrogen-bond acceptors (Lipinski definition) is 6. The summed E-state index contributed by atoms with van der Waals surface area (Å²) in [5.74, 6) is -2.15.